The van der Waals surface area contributed by atoms with E-state index in [-0.39, 0.29) is 0 Å². The number of nitrogens with one attached hydrogen (secondary N) is 2. The van der Waals surface area contributed by atoms with Crippen molar-refractivity contribution in [3.63, 3.8) is 0 Å². The molecule has 0 radical (unpaired) electrons. The fourth-order valence-electron chi connectivity index (χ4n) is 2.15. The zero-order valence-corrected chi connectivity index (χ0v) is 9.79. The van der Waals surface area contributed by atoms with Gasteiger partial charge in [-0.3, -0.25) is 5.41 Å². The van der Waals surface area contributed by atoms with Gasteiger partial charge in [0.15, 0.2) is 0 Å². The Morgan fingerprint density at radius 2 is 2.06 bits per heavy atom. The molecule has 2 atom stereocenters. The lowest BCUT2D eigenvalue weighted by molar-refractivity contribution is 0.414. The van der Waals surface area contributed by atoms with Gasteiger partial charge in [0.05, 0.1) is 12.9 Å². The summed E-state index contributed by atoms with van der Waals surface area (Å²) in [4.78, 5) is 0. The van der Waals surface area contributed by atoms with Crippen LogP contribution >= 0.6 is 0 Å². The van der Waals surface area contributed by atoms with Crippen molar-refractivity contribution in [1.29, 1.82) is 5.41 Å². The molecule has 1 fully saturated rings. The van der Waals surface area contributed by atoms with Crippen molar-refractivity contribution < 1.29 is 4.74 Å². The Labute approximate surface area is 96.3 Å². The molecular weight excluding hydrogens is 200 g/mol. The van der Waals surface area contributed by atoms with Gasteiger partial charge < -0.3 is 10.1 Å². The third-order valence-corrected chi connectivity index (χ3v) is 3.13. The monoisotopic (exact) mass is 218 g/mol. The Balaban J connectivity index is 1.96. The Kier molecular flexibility index (Phi) is 3.13. The maximum Gasteiger partial charge on any atom is 0.118 e. The molecule has 2 rings (SSSR count). The van der Waals surface area contributed by atoms with Gasteiger partial charge in [0.1, 0.15) is 5.75 Å². The quantitative estimate of drug-likeness (QED) is 0.817. The first-order valence-corrected chi connectivity index (χ1v) is 5.67. The molecule has 1 saturated heterocycles. The van der Waals surface area contributed by atoms with E-state index in [1.54, 1.807) is 7.11 Å². The van der Waals surface area contributed by atoms with Gasteiger partial charge in [-0.2, -0.15) is 0 Å². The van der Waals surface area contributed by atoms with Crippen LogP contribution in [0, 0.1) is 11.3 Å². The Morgan fingerprint density at radius 3 is 2.56 bits per heavy atom. The SMILES string of the molecule is COc1ccc(C[C@H]2C[C@H](C)C(=N)N2)cc1. The van der Waals surface area contributed by atoms with Crippen LogP contribution in [-0.2, 0) is 6.42 Å². The van der Waals surface area contributed by atoms with Crippen molar-refractivity contribution in [3.05, 3.63) is 29.8 Å². The fraction of sp³-hybridized carbons (Fsp3) is 0.462. The summed E-state index contributed by atoms with van der Waals surface area (Å²) in [6.07, 6.45) is 2.04. The summed E-state index contributed by atoms with van der Waals surface area (Å²) in [6.45, 7) is 2.10. The zero-order chi connectivity index (χ0) is 11.5. The zero-order valence-electron chi connectivity index (χ0n) is 9.79. The lowest BCUT2D eigenvalue weighted by Crippen LogP contribution is -2.27. The average Bonchev–Trinajstić information content (AvgIpc) is 2.59. The highest BCUT2D eigenvalue weighted by molar-refractivity contribution is 5.83. The van der Waals surface area contributed by atoms with Gasteiger partial charge in [-0.25, -0.2) is 0 Å². The van der Waals surface area contributed by atoms with Gasteiger partial charge in [-0.1, -0.05) is 19.1 Å². The lowest BCUT2D eigenvalue weighted by Gasteiger charge is -2.10. The third-order valence-electron chi connectivity index (χ3n) is 3.13. The summed E-state index contributed by atoms with van der Waals surface area (Å²) in [5, 5.41) is 10.9. The highest BCUT2D eigenvalue weighted by atomic mass is 16.5. The Morgan fingerprint density at radius 1 is 1.38 bits per heavy atom. The lowest BCUT2D eigenvalue weighted by atomic mass is 10.0. The van der Waals surface area contributed by atoms with E-state index >= 15 is 0 Å². The number of methoxy groups -OCH3 is 1. The van der Waals surface area contributed by atoms with Gasteiger partial charge >= 0.3 is 0 Å². The molecule has 0 saturated carbocycles. The number of ether oxygens (including phenoxy) is 1. The summed E-state index contributed by atoms with van der Waals surface area (Å²) in [5.41, 5.74) is 1.29. The van der Waals surface area contributed by atoms with Crippen LogP contribution in [0.3, 0.4) is 0 Å². The molecule has 0 aromatic heterocycles. The minimum Gasteiger partial charge on any atom is -0.497 e. The summed E-state index contributed by atoms with van der Waals surface area (Å²) in [5.74, 6) is 1.95. The van der Waals surface area contributed by atoms with Crippen LogP contribution in [0.5, 0.6) is 5.75 Å². The molecule has 0 unspecified atom stereocenters. The fourth-order valence-corrected chi connectivity index (χ4v) is 2.15. The molecule has 0 spiro atoms. The van der Waals surface area contributed by atoms with Gasteiger partial charge in [0.25, 0.3) is 0 Å². The van der Waals surface area contributed by atoms with Crippen LogP contribution in [0.1, 0.15) is 18.9 Å². The molecule has 16 heavy (non-hydrogen) atoms. The third kappa shape index (κ3) is 2.35. The first-order chi connectivity index (χ1) is 7.69. The molecule has 3 heteroatoms. The first kappa shape index (κ1) is 11.0. The minimum atomic E-state index is 0.378. The molecule has 1 aromatic rings. The molecule has 3 nitrogen and oxygen atoms in total. The van der Waals surface area contributed by atoms with Gasteiger partial charge in [-0.15, -0.1) is 0 Å². The van der Waals surface area contributed by atoms with E-state index in [2.05, 4.69) is 24.4 Å². The summed E-state index contributed by atoms with van der Waals surface area (Å²) < 4.78 is 5.12. The topological polar surface area (TPSA) is 45.1 Å². The van der Waals surface area contributed by atoms with Crippen molar-refractivity contribution in [2.45, 2.75) is 25.8 Å². The second kappa shape index (κ2) is 4.56. The Bertz CT molecular complexity index is 372. The maximum absolute atomic E-state index is 7.68. The summed E-state index contributed by atoms with van der Waals surface area (Å²) in [6, 6.07) is 8.56. The standard InChI is InChI=1S/C13H18N2O/c1-9-7-11(15-13(9)14)8-10-3-5-12(16-2)6-4-10/h3-6,9,11H,7-8H2,1-2H3,(H2,14,15)/t9-,11+/m0/s1. The van der Waals surface area contributed by atoms with Crippen LogP contribution in [0.25, 0.3) is 0 Å². The second-order valence-electron chi connectivity index (χ2n) is 4.44. The first-order valence-electron chi connectivity index (χ1n) is 5.67. The van der Waals surface area contributed by atoms with E-state index in [1.807, 2.05) is 12.1 Å². The smallest absolute Gasteiger partial charge is 0.118 e. The van der Waals surface area contributed by atoms with Gasteiger partial charge in [-0.05, 0) is 30.5 Å². The van der Waals surface area contributed by atoms with E-state index in [0.29, 0.717) is 17.8 Å². The number of hydrogen-bond acceptors (Lipinski definition) is 2. The molecule has 0 bridgehead atoms. The molecule has 1 heterocycles. The molecule has 1 aromatic carbocycles. The van der Waals surface area contributed by atoms with Crippen LogP contribution in [0.15, 0.2) is 24.3 Å². The van der Waals surface area contributed by atoms with Gasteiger partial charge in [0, 0.05) is 12.0 Å². The van der Waals surface area contributed by atoms with Crippen LogP contribution in [0.4, 0.5) is 0 Å². The number of hydrogen-bond donors (Lipinski definition) is 2. The second-order valence-corrected chi connectivity index (χ2v) is 4.44. The van der Waals surface area contributed by atoms with Crippen molar-refractivity contribution in [2.75, 3.05) is 7.11 Å². The van der Waals surface area contributed by atoms with Gasteiger partial charge in [0.2, 0.25) is 0 Å². The predicted molar refractivity (Wildman–Crippen MR) is 65.1 cm³/mol. The van der Waals surface area contributed by atoms with Crippen molar-refractivity contribution in [3.8, 4) is 5.75 Å². The molecule has 0 amide bonds. The maximum atomic E-state index is 7.68. The number of rotatable bonds is 3. The summed E-state index contributed by atoms with van der Waals surface area (Å²) >= 11 is 0. The van der Waals surface area contributed by atoms with Crippen molar-refractivity contribution in [2.24, 2.45) is 5.92 Å². The van der Waals surface area contributed by atoms with E-state index < -0.39 is 0 Å². The predicted octanol–water partition coefficient (Wildman–Crippen LogP) is 2.21. The van der Waals surface area contributed by atoms with Crippen molar-refractivity contribution >= 4 is 5.84 Å². The average molecular weight is 218 g/mol. The molecule has 86 valence electrons. The molecule has 0 aliphatic carbocycles. The molecule has 1 aliphatic rings. The highest BCUT2D eigenvalue weighted by Gasteiger charge is 2.25. The molecular formula is C13H18N2O. The van der Waals surface area contributed by atoms with Crippen molar-refractivity contribution in [1.82, 2.24) is 5.32 Å². The Hall–Kier alpha value is -1.51. The number of amidine groups is 1. The van der Waals surface area contributed by atoms with E-state index in [1.165, 1.54) is 5.56 Å². The number of benzene rings is 1. The van der Waals surface area contributed by atoms with E-state index in [4.69, 9.17) is 10.1 Å². The van der Waals surface area contributed by atoms with Crippen LogP contribution in [-0.4, -0.2) is 19.0 Å². The van der Waals surface area contributed by atoms with Crippen LogP contribution in [0.2, 0.25) is 0 Å². The normalized spacial score (nSPS) is 24.2. The van der Waals surface area contributed by atoms with Crippen LogP contribution < -0.4 is 10.1 Å². The summed E-state index contributed by atoms with van der Waals surface area (Å²) in [7, 11) is 1.68. The largest absolute Gasteiger partial charge is 0.497 e. The van der Waals surface area contributed by atoms with E-state index in [0.717, 1.165) is 18.6 Å². The molecule has 1 aliphatic heterocycles. The highest BCUT2D eigenvalue weighted by Crippen LogP contribution is 2.19. The molecule has 2 N–H and O–H groups in total. The van der Waals surface area contributed by atoms with E-state index in [9.17, 15) is 0 Å². The minimum absolute atomic E-state index is 0.378.